The lowest BCUT2D eigenvalue weighted by molar-refractivity contribution is -0.145. The Morgan fingerprint density at radius 1 is 1.55 bits per heavy atom. The van der Waals surface area contributed by atoms with Gasteiger partial charge in [0.2, 0.25) is 0 Å². The van der Waals surface area contributed by atoms with E-state index >= 15 is 0 Å². The fourth-order valence-electron chi connectivity index (χ4n) is 1.87. The summed E-state index contributed by atoms with van der Waals surface area (Å²) in [7, 11) is 0. The number of hydrogen-bond acceptors (Lipinski definition) is 3. The first-order valence-electron chi connectivity index (χ1n) is 4.05. The van der Waals surface area contributed by atoms with Crippen molar-refractivity contribution in [2.45, 2.75) is 6.42 Å². The predicted octanol–water partition coefficient (Wildman–Crippen LogP) is 0.136. The van der Waals surface area contributed by atoms with Gasteiger partial charge in [0, 0.05) is 12.0 Å². The van der Waals surface area contributed by atoms with Crippen molar-refractivity contribution in [3.8, 4) is 6.07 Å². The van der Waals surface area contributed by atoms with Crippen molar-refractivity contribution in [1.82, 2.24) is 5.32 Å². The van der Waals surface area contributed by atoms with Gasteiger partial charge in [0.25, 0.3) is 0 Å². The van der Waals surface area contributed by atoms with Crippen molar-refractivity contribution in [2.24, 2.45) is 11.3 Å². The lowest BCUT2D eigenvalue weighted by Gasteiger charge is -2.47. The average molecular weight is 152 g/mol. The number of rotatable bonds is 0. The molecule has 0 bridgehead atoms. The molecular formula is C8H12N2O. The molecule has 0 saturated carbocycles. The highest BCUT2D eigenvalue weighted by Crippen LogP contribution is 2.40. The molecule has 1 unspecified atom stereocenters. The Hall–Kier alpha value is -0.590. The van der Waals surface area contributed by atoms with Gasteiger partial charge in [0.05, 0.1) is 25.2 Å². The van der Waals surface area contributed by atoms with E-state index in [0.29, 0.717) is 0 Å². The van der Waals surface area contributed by atoms with Crippen molar-refractivity contribution in [1.29, 1.82) is 5.26 Å². The normalized spacial score (nSPS) is 34.3. The molecule has 2 aliphatic rings. The van der Waals surface area contributed by atoms with Gasteiger partial charge in [-0.25, -0.2) is 0 Å². The van der Waals surface area contributed by atoms with Crippen LogP contribution in [-0.4, -0.2) is 26.3 Å². The summed E-state index contributed by atoms with van der Waals surface area (Å²) in [6.45, 7) is 3.49. The first-order chi connectivity index (χ1) is 5.37. The van der Waals surface area contributed by atoms with Crippen molar-refractivity contribution in [3.05, 3.63) is 0 Å². The van der Waals surface area contributed by atoms with Gasteiger partial charge in [0.15, 0.2) is 0 Å². The number of nitrogens with one attached hydrogen (secondary N) is 1. The van der Waals surface area contributed by atoms with Crippen LogP contribution in [0.2, 0.25) is 0 Å². The Morgan fingerprint density at radius 3 is 2.82 bits per heavy atom. The highest BCUT2D eigenvalue weighted by Gasteiger charge is 2.47. The average Bonchev–Trinajstić information content (AvgIpc) is 2.01. The highest BCUT2D eigenvalue weighted by molar-refractivity contribution is 5.04. The maximum atomic E-state index is 8.85. The fraction of sp³-hybridized carbons (Fsp3) is 0.875. The Labute approximate surface area is 66.3 Å². The molecule has 0 aliphatic carbocycles. The van der Waals surface area contributed by atoms with E-state index in [1.165, 1.54) is 0 Å². The molecule has 60 valence electrons. The Kier molecular flexibility index (Phi) is 1.59. The van der Waals surface area contributed by atoms with E-state index in [0.717, 1.165) is 32.7 Å². The molecule has 1 atom stereocenters. The summed E-state index contributed by atoms with van der Waals surface area (Å²) in [6.07, 6.45) is 1.10. The molecule has 0 amide bonds. The molecule has 2 saturated heterocycles. The number of nitrogens with zero attached hydrogens (tertiary/aromatic N) is 1. The third kappa shape index (κ3) is 0.943. The number of ether oxygens (including phenoxy) is 1. The maximum absolute atomic E-state index is 8.85. The van der Waals surface area contributed by atoms with Crippen LogP contribution in [0.15, 0.2) is 0 Å². The summed E-state index contributed by atoms with van der Waals surface area (Å²) >= 11 is 0. The SMILES string of the molecule is N#CC1CNCCC12COC2. The topological polar surface area (TPSA) is 45.0 Å². The van der Waals surface area contributed by atoms with Crippen LogP contribution in [0.3, 0.4) is 0 Å². The zero-order valence-electron chi connectivity index (χ0n) is 6.47. The van der Waals surface area contributed by atoms with E-state index in [9.17, 15) is 0 Å². The van der Waals surface area contributed by atoms with Gasteiger partial charge in [-0.05, 0) is 13.0 Å². The zero-order valence-corrected chi connectivity index (χ0v) is 6.47. The second-order valence-electron chi connectivity index (χ2n) is 3.49. The van der Waals surface area contributed by atoms with E-state index in [-0.39, 0.29) is 11.3 Å². The smallest absolute Gasteiger partial charge is 0.0688 e. The van der Waals surface area contributed by atoms with Crippen molar-refractivity contribution < 1.29 is 4.74 Å². The van der Waals surface area contributed by atoms with Crippen LogP contribution in [0.5, 0.6) is 0 Å². The van der Waals surface area contributed by atoms with Gasteiger partial charge in [-0.3, -0.25) is 0 Å². The second-order valence-corrected chi connectivity index (χ2v) is 3.49. The molecule has 2 aliphatic heterocycles. The summed E-state index contributed by atoms with van der Waals surface area (Å²) in [6, 6.07) is 2.35. The number of hydrogen-bond donors (Lipinski definition) is 1. The molecule has 3 heteroatoms. The Bertz CT molecular complexity index is 193. The summed E-state index contributed by atoms with van der Waals surface area (Å²) in [5, 5.41) is 12.1. The minimum atomic E-state index is 0.171. The summed E-state index contributed by atoms with van der Waals surface area (Å²) in [5.74, 6) is 0.171. The second kappa shape index (κ2) is 2.47. The molecule has 2 heterocycles. The molecule has 2 rings (SSSR count). The summed E-state index contributed by atoms with van der Waals surface area (Å²) in [4.78, 5) is 0. The highest BCUT2D eigenvalue weighted by atomic mass is 16.5. The number of piperidine rings is 1. The number of nitriles is 1. The predicted molar refractivity (Wildman–Crippen MR) is 39.8 cm³/mol. The van der Waals surface area contributed by atoms with Gasteiger partial charge in [-0.2, -0.15) is 5.26 Å². The molecular weight excluding hydrogens is 140 g/mol. The molecule has 0 aromatic carbocycles. The van der Waals surface area contributed by atoms with Crippen molar-refractivity contribution in [2.75, 3.05) is 26.3 Å². The monoisotopic (exact) mass is 152 g/mol. The fourth-order valence-corrected chi connectivity index (χ4v) is 1.87. The first kappa shape index (κ1) is 7.08. The molecule has 3 nitrogen and oxygen atoms in total. The van der Waals surface area contributed by atoms with Crippen molar-refractivity contribution >= 4 is 0 Å². The van der Waals surface area contributed by atoms with Crippen LogP contribution in [0.1, 0.15) is 6.42 Å². The first-order valence-corrected chi connectivity index (χ1v) is 4.05. The minimum Gasteiger partial charge on any atom is -0.380 e. The van der Waals surface area contributed by atoms with Crippen LogP contribution in [0, 0.1) is 22.7 Å². The van der Waals surface area contributed by atoms with Gasteiger partial charge in [-0.1, -0.05) is 0 Å². The molecule has 0 aromatic heterocycles. The Balaban J connectivity index is 2.10. The van der Waals surface area contributed by atoms with Crippen LogP contribution in [0.25, 0.3) is 0 Å². The van der Waals surface area contributed by atoms with Crippen LogP contribution < -0.4 is 5.32 Å². The standard InChI is InChI=1S/C8H12N2O/c9-3-7-4-10-2-1-8(7)5-11-6-8/h7,10H,1-2,4-6H2. The van der Waals surface area contributed by atoms with Gasteiger partial charge in [-0.15, -0.1) is 0 Å². The maximum Gasteiger partial charge on any atom is 0.0688 e. The van der Waals surface area contributed by atoms with E-state index in [1.54, 1.807) is 0 Å². The molecule has 0 radical (unpaired) electrons. The molecule has 2 fully saturated rings. The van der Waals surface area contributed by atoms with Crippen molar-refractivity contribution in [3.63, 3.8) is 0 Å². The van der Waals surface area contributed by atoms with Crippen LogP contribution in [0.4, 0.5) is 0 Å². The van der Waals surface area contributed by atoms with Crippen LogP contribution in [-0.2, 0) is 4.74 Å². The zero-order chi connectivity index (χ0) is 7.73. The quantitative estimate of drug-likeness (QED) is 0.537. The van der Waals surface area contributed by atoms with Gasteiger partial charge < -0.3 is 10.1 Å². The van der Waals surface area contributed by atoms with Gasteiger partial charge >= 0.3 is 0 Å². The van der Waals surface area contributed by atoms with Crippen LogP contribution >= 0.6 is 0 Å². The van der Waals surface area contributed by atoms with E-state index in [1.807, 2.05) is 0 Å². The van der Waals surface area contributed by atoms with E-state index < -0.39 is 0 Å². The lowest BCUT2D eigenvalue weighted by atomic mass is 9.70. The van der Waals surface area contributed by atoms with E-state index in [2.05, 4.69) is 11.4 Å². The lowest BCUT2D eigenvalue weighted by Crippen LogP contribution is -2.55. The Morgan fingerprint density at radius 2 is 2.36 bits per heavy atom. The van der Waals surface area contributed by atoms with E-state index in [4.69, 9.17) is 10.00 Å². The van der Waals surface area contributed by atoms with Gasteiger partial charge in [0.1, 0.15) is 0 Å². The summed E-state index contributed by atoms with van der Waals surface area (Å²) in [5.41, 5.74) is 0.222. The molecule has 11 heavy (non-hydrogen) atoms. The molecule has 1 spiro atoms. The molecule has 1 N–H and O–H groups in total. The largest absolute Gasteiger partial charge is 0.380 e. The minimum absolute atomic E-state index is 0.171. The molecule has 0 aromatic rings. The summed E-state index contributed by atoms with van der Waals surface area (Å²) < 4.78 is 5.17. The third-order valence-corrected chi connectivity index (χ3v) is 2.82. The third-order valence-electron chi connectivity index (χ3n) is 2.82.